The van der Waals surface area contributed by atoms with Gasteiger partial charge in [-0.3, -0.25) is 9.59 Å². The fourth-order valence-electron chi connectivity index (χ4n) is 4.81. The zero-order valence-corrected chi connectivity index (χ0v) is 20.4. The van der Waals surface area contributed by atoms with Crippen molar-refractivity contribution in [3.05, 3.63) is 46.3 Å². The number of aromatic amines is 1. The van der Waals surface area contributed by atoms with Gasteiger partial charge in [-0.1, -0.05) is 0 Å². The Hall–Kier alpha value is -2.99. The van der Waals surface area contributed by atoms with Crippen LogP contribution in [0.2, 0.25) is 0 Å². The maximum Gasteiger partial charge on any atom is 0.256 e. The molecule has 0 radical (unpaired) electrons. The maximum atomic E-state index is 13.0. The number of sulfonamides is 1. The number of hydrogen-bond donors (Lipinski definition) is 6. The fraction of sp³-hybridized carbons (Fsp3) is 0.417. The average molecular weight is 500 g/mol. The number of aryl methyl sites for hydroxylation is 1. The standard InChI is InChI=1S/C24H29N5O5S/c1-12-20(23(31)27-11-14(30)10-26-13-3-4-13)16-6-7-17(22(16)28-12)21-18-9-15(35(33,34)25-2)5-8-19(18)29-24(21)32/h5,8-9,13-14,25-26,28,30H,3-4,6-7,10-11H2,1-2H3,(H,27,31)(H,29,32). The van der Waals surface area contributed by atoms with E-state index in [2.05, 4.69) is 25.7 Å². The summed E-state index contributed by atoms with van der Waals surface area (Å²) in [6, 6.07) is 5.02. The Bertz CT molecular complexity index is 1360. The molecular weight excluding hydrogens is 470 g/mol. The second-order valence-corrected chi connectivity index (χ2v) is 11.1. The minimum Gasteiger partial charge on any atom is -0.390 e. The highest BCUT2D eigenvalue weighted by atomic mass is 32.2. The highest BCUT2D eigenvalue weighted by Crippen LogP contribution is 2.44. The molecule has 1 atom stereocenters. The van der Waals surface area contributed by atoms with Crippen LogP contribution in [0.1, 0.15) is 52.1 Å². The summed E-state index contributed by atoms with van der Waals surface area (Å²) in [4.78, 5) is 29.2. The molecule has 2 heterocycles. The number of aromatic nitrogens is 1. The third-order valence-corrected chi connectivity index (χ3v) is 8.19. The van der Waals surface area contributed by atoms with Crippen molar-refractivity contribution in [2.24, 2.45) is 0 Å². The van der Waals surface area contributed by atoms with Gasteiger partial charge >= 0.3 is 0 Å². The Balaban J connectivity index is 1.43. The second kappa shape index (κ2) is 8.90. The van der Waals surface area contributed by atoms with E-state index in [1.165, 1.54) is 19.2 Å². The van der Waals surface area contributed by atoms with Gasteiger partial charge in [0.25, 0.3) is 11.8 Å². The van der Waals surface area contributed by atoms with Gasteiger partial charge in [0, 0.05) is 41.8 Å². The van der Waals surface area contributed by atoms with Crippen LogP contribution in [0.3, 0.4) is 0 Å². The van der Waals surface area contributed by atoms with E-state index >= 15 is 0 Å². The van der Waals surface area contributed by atoms with Crippen LogP contribution in [0.5, 0.6) is 0 Å². The molecule has 1 saturated carbocycles. The van der Waals surface area contributed by atoms with Gasteiger partial charge in [-0.15, -0.1) is 0 Å². The summed E-state index contributed by atoms with van der Waals surface area (Å²) in [6.07, 6.45) is 2.69. The lowest BCUT2D eigenvalue weighted by Crippen LogP contribution is -2.39. The van der Waals surface area contributed by atoms with Crippen molar-refractivity contribution in [3.63, 3.8) is 0 Å². The van der Waals surface area contributed by atoms with Gasteiger partial charge in [0.05, 0.1) is 22.1 Å². The van der Waals surface area contributed by atoms with Crippen LogP contribution in [0.15, 0.2) is 23.1 Å². The van der Waals surface area contributed by atoms with Crippen molar-refractivity contribution in [2.75, 3.05) is 25.5 Å². The lowest BCUT2D eigenvalue weighted by atomic mass is 9.99. The number of benzene rings is 1. The number of H-pyrrole nitrogens is 1. The molecule has 1 aliphatic heterocycles. The molecule has 0 saturated heterocycles. The molecule has 1 aromatic heterocycles. The Morgan fingerprint density at radius 2 is 2.00 bits per heavy atom. The van der Waals surface area contributed by atoms with Gasteiger partial charge < -0.3 is 26.0 Å². The first-order valence-electron chi connectivity index (χ1n) is 11.7. The van der Waals surface area contributed by atoms with Crippen LogP contribution in [0.25, 0.3) is 11.1 Å². The normalized spacial score (nSPS) is 19.9. The molecule has 10 nitrogen and oxygen atoms in total. The van der Waals surface area contributed by atoms with E-state index in [0.717, 1.165) is 29.7 Å². The predicted molar refractivity (Wildman–Crippen MR) is 131 cm³/mol. The van der Waals surface area contributed by atoms with E-state index in [1.807, 2.05) is 0 Å². The monoisotopic (exact) mass is 499 g/mol. The Morgan fingerprint density at radius 1 is 1.23 bits per heavy atom. The molecule has 11 heteroatoms. The summed E-state index contributed by atoms with van der Waals surface area (Å²) in [6.45, 7) is 2.39. The molecule has 2 aromatic rings. The summed E-state index contributed by atoms with van der Waals surface area (Å²) in [5, 5.41) is 19.0. The Labute approximate surface area is 203 Å². The lowest BCUT2D eigenvalue weighted by Gasteiger charge is -2.13. The molecule has 2 amide bonds. The molecule has 1 unspecified atom stereocenters. The molecule has 6 N–H and O–H groups in total. The maximum absolute atomic E-state index is 13.0. The van der Waals surface area contributed by atoms with Crippen LogP contribution < -0.4 is 20.7 Å². The van der Waals surface area contributed by atoms with Crippen LogP contribution in [-0.2, 0) is 21.2 Å². The van der Waals surface area contributed by atoms with Crippen molar-refractivity contribution >= 4 is 38.7 Å². The zero-order valence-electron chi connectivity index (χ0n) is 19.6. The minimum absolute atomic E-state index is 0.0732. The van der Waals surface area contributed by atoms with Gasteiger partial charge in [0.2, 0.25) is 10.0 Å². The van der Waals surface area contributed by atoms with Crippen molar-refractivity contribution in [2.45, 2.75) is 49.6 Å². The van der Waals surface area contributed by atoms with E-state index in [-0.39, 0.29) is 23.3 Å². The fourth-order valence-corrected chi connectivity index (χ4v) is 5.56. The first kappa shape index (κ1) is 23.7. The van der Waals surface area contributed by atoms with Gasteiger partial charge in [-0.25, -0.2) is 13.1 Å². The lowest BCUT2D eigenvalue weighted by molar-refractivity contribution is -0.110. The van der Waals surface area contributed by atoms with Gasteiger partial charge in [-0.2, -0.15) is 0 Å². The van der Waals surface area contributed by atoms with E-state index in [9.17, 15) is 23.1 Å². The summed E-state index contributed by atoms with van der Waals surface area (Å²) >= 11 is 0. The summed E-state index contributed by atoms with van der Waals surface area (Å²) in [7, 11) is -2.34. The van der Waals surface area contributed by atoms with Crippen LogP contribution >= 0.6 is 0 Å². The Morgan fingerprint density at radius 3 is 2.71 bits per heavy atom. The number of carbonyl (C=O) groups excluding carboxylic acids is 2. The number of anilines is 1. The molecule has 3 aliphatic rings. The van der Waals surface area contributed by atoms with E-state index in [4.69, 9.17) is 0 Å². The number of amides is 2. The summed E-state index contributed by atoms with van der Waals surface area (Å²) in [5.41, 5.74) is 5.02. The summed E-state index contributed by atoms with van der Waals surface area (Å²) in [5.74, 6) is -0.568. The molecule has 0 bridgehead atoms. The number of carbonyl (C=O) groups is 2. The van der Waals surface area contributed by atoms with Gasteiger partial charge in [-0.05, 0) is 69.0 Å². The van der Waals surface area contributed by atoms with E-state index in [1.54, 1.807) is 13.0 Å². The average Bonchev–Trinajstić information content (AvgIpc) is 3.38. The molecule has 1 fully saturated rings. The molecule has 0 spiro atoms. The first-order valence-corrected chi connectivity index (χ1v) is 13.2. The quantitative estimate of drug-likeness (QED) is 0.297. The van der Waals surface area contributed by atoms with Crippen LogP contribution in [-0.4, -0.2) is 62.6 Å². The van der Waals surface area contributed by atoms with Crippen molar-refractivity contribution in [1.29, 1.82) is 0 Å². The van der Waals surface area contributed by atoms with Gasteiger partial charge in [0.1, 0.15) is 0 Å². The number of aliphatic hydroxyl groups is 1. The van der Waals surface area contributed by atoms with Crippen LogP contribution in [0, 0.1) is 6.92 Å². The van der Waals surface area contributed by atoms with Crippen molar-refractivity contribution < 1.29 is 23.1 Å². The minimum atomic E-state index is -3.67. The summed E-state index contributed by atoms with van der Waals surface area (Å²) < 4.78 is 26.9. The zero-order chi connectivity index (χ0) is 24.9. The number of rotatable bonds is 8. The third kappa shape index (κ3) is 4.40. The van der Waals surface area contributed by atoms with Crippen molar-refractivity contribution in [1.82, 2.24) is 20.3 Å². The smallest absolute Gasteiger partial charge is 0.256 e. The van der Waals surface area contributed by atoms with Crippen molar-refractivity contribution in [3.8, 4) is 0 Å². The van der Waals surface area contributed by atoms with E-state index in [0.29, 0.717) is 53.5 Å². The molecule has 186 valence electrons. The molecule has 1 aromatic carbocycles. The molecule has 5 rings (SSSR count). The second-order valence-electron chi connectivity index (χ2n) is 9.25. The van der Waals surface area contributed by atoms with E-state index < -0.39 is 16.1 Å². The topological polar surface area (TPSA) is 152 Å². The third-order valence-electron chi connectivity index (χ3n) is 6.78. The highest BCUT2D eigenvalue weighted by Gasteiger charge is 2.35. The number of allylic oxidation sites excluding steroid dienone is 1. The SMILES string of the molecule is CNS(=O)(=O)c1ccc2c(c1)C(=C1CCc3c1[nH]c(C)c3C(=O)NCC(O)CNC1CC1)C(=O)N2. The predicted octanol–water partition coefficient (Wildman–Crippen LogP) is 0.883. The number of hydrogen-bond acceptors (Lipinski definition) is 6. The molecule has 2 aliphatic carbocycles. The highest BCUT2D eigenvalue weighted by molar-refractivity contribution is 7.89. The Kier molecular flexibility index (Phi) is 6.04. The molecule has 35 heavy (non-hydrogen) atoms. The molecular formula is C24H29N5O5S. The van der Waals surface area contributed by atoms with Gasteiger partial charge in [0.15, 0.2) is 0 Å². The first-order chi connectivity index (χ1) is 16.7. The number of fused-ring (bicyclic) bond motifs is 2. The van der Waals surface area contributed by atoms with Crippen LogP contribution in [0.4, 0.5) is 5.69 Å². The number of nitrogens with one attached hydrogen (secondary N) is 5. The number of aliphatic hydroxyl groups excluding tert-OH is 1. The largest absolute Gasteiger partial charge is 0.390 e.